The molecule has 50 heavy (non-hydrogen) atoms. The lowest BCUT2D eigenvalue weighted by atomic mass is 9.99. The van der Waals surface area contributed by atoms with Gasteiger partial charge in [-0.05, 0) is 54.4 Å². The molecule has 0 aliphatic carbocycles. The number of amides is 2. The first-order valence-electron chi connectivity index (χ1n) is 16.7. The maximum Gasteiger partial charge on any atom is 0.311 e. The summed E-state index contributed by atoms with van der Waals surface area (Å²) in [6, 6.07) is 21.6. The lowest BCUT2D eigenvalue weighted by molar-refractivity contribution is -0.144. The summed E-state index contributed by atoms with van der Waals surface area (Å²) in [6.45, 7) is 6.84. The fourth-order valence-corrected chi connectivity index (χ4v) is 6.62. The highest BCUT2D eigenvalue weighted by Crippen LogP contribution is 2.32. The second kappa shape index (κ2) is 16.2. The summed E-state index contributed by atoms with van der Waals surface area (Å²) in [4.78, 5) is 28.0. The van der Waals surface area contributed by atoms with Crippen molar-refractivity contribution in [3.63, 3.8) is 0 Å². The van der Waals surface area contributed by atoms with Crippen molar-refractivity contribution in [1.82, 2.24) is 24.9 Å². The molecule has 0 radical (unpaired) electrons. The van der Waals surface area contributed by atoms with Crippen LogP contribution in [0.15, 0.2) is 66.7 Å². The van der Waals surface area contributed by atoms with Gasteiger partial charge in [-0.3, -0.25) is 19.2 Å². The van der Waals surface area contributed by atoms with Gasteiger partial charge in [-0.25, -0.2) is 0 Å². The smallest absolute Gasteiger partial charge is 0.311 e. The van der Waals surface area contributed by atoms with Gasteiger partial charge in [0.2, 0.25) is 0 Å². The number of halogens is 2. The Kier molecular flexibility index (Phi) is 11.5. The van der Waals surface area contributed by atoms with Crippen LogP contribution in [0.25, 0.3) is 11.3 Å². The topological polar surface area (TPSA) is 126 Å². The Morgan fingerprint density at radius 1 is 1.02 bits per heavy atom. The summed E-state index contributed by atoms with van der Waals surface area (Å²) in [5.41, 5.74) is 12.2. The summed E-state index contributed by atoms with van der Waals surface area (Å²) in [5, 5.41) is 20.7. The van der Waals surface area contributed by atoms with Crippen LogP contribution >= 0.6 is 23.2 Å². The number of nitrogens with one attached hydrogen (secondary N) is 1. The largest absolute Gasteiger partial charge is 0.390 e. The number of benzene rings is 3. The van der Waals surface area contributed by atoms with Crippen LogP contribution in [0, 0.1) is 11.8 Å². The zero-order valence-corrected chi connectivity index (χ0v) is 29.4. The van der Waals surface area contributed by atoms with E-state index in [1.165, 1.54) is 4.90 Å². The van der Waals surface area contributed by atoms with E-state index < -0.39 is 17.9 Å². The number of carbonyl (C=O) groups excluding carboxylic acids is 2. The summed E-state index contributed by atoms with van der Waals surface area (Å²) >= 11 is 12.6. The number of rotatable bonds is 9. The molecule has 0 spiro atoms. The number of hydrogen-bond acceptors (Lipinski definition) is 7. The van der Waals surface area contributed by atoms with Crippen LogP contribution < -0.4 is 11.1 Å². The molecule has 2 aliphatic heterocycles. The quantitative estimate of drug-likeness (QED) is 0.177. The van der Waals surface area contributed by atoms with Crippen LogP contribution in [0.5, 0.6) is 0 Å². The lowest BCUT2D eigenvalue weighted by Crippen LogP contribution is -2.47. The third-order valence-electron chi connectivity index (χ3n) is 9.07. The molecule has 3 heterocycles. The molecule has 0 unspecified atom stereocenters. The Morgan fingerprint density at radius 3 is 2.44 bits per heavy atom. The number of primary amides is 1. The average molecular weight is 716 g/mol. The number of aromatic nitrogens is 2. The Morgan fingerprint density at radius 2 is 1.74 bits per heavy atom. The molecular formula is C38H40Cl2N6O4. The average Bonchev–Trinajstić information content (AvgIpc) is 3.47. The third-order valence-corrected chi connectivity index (χ3v) is 9.65. The van der Waals surface area contributed by atoms with Gasteiger partial charge >= 0.3 is 11.8 Å². The highest BCUT2D eigenvalue weighted by Gasteiger charge is 2.31. The van der Waals surface area contributed by atoms with Gasteiger partial charge in [0.05, 0.1) is 43.1 Å². The summed E-state index contributed by atoms with van der Waals surface area (Å²) in [5.74, 6) is 4.70. The van der Waals surface area contributed by atoms with Gasteiger partial charge in [0.15, 0.2) is 0 Å². The van der Waals surface area contributed by atoms with E-state index in [4.69, 9.17) is 38.8 Å². The maximum atomic E-state index is 12.6. The highest BCUT2D eigenvalue weighted by atomic mass is 35.5. The molecule has 2 atom stereocenters. The SMILES string of the molecule is C[C@H]1COCCN1C[C@@H](O)Cn1nc(-c2ccc(Cl)c(C#Cc3ccc(CNCc4ccc(Cl)cc4)cc3)c2)c2c1CCN(C(=O)C(N)=O)C2. The molecule has 1 aromatic heterocycles. The van der Waals surface area contributed by atoms with Gasteiger partial charge in [0.25, 0.3) is 0 Å². The number of β-amino-alcohol motifs (C(OH)–C–C–N with tert-alkyl or cyclic N) is 1. The van der Waals surface area contributed by atoms with E-state index in [-0.39, 0.29) is 19.1 Å². The van der Waals surface area contributed by atoms with Crippen LogP contribution in [0.4, 0.5) is 0 Å². The minimum absolute atomic E-state index is 0.174. The molecule has 10 nitrogen and oxygen atoms in total. The number of hydrogen-bond donors (Lipinski definition) is 3. The Hall–Kier alpha value is -4.21. The lowest BCUT2D eigenvalue weighted by Gasteiger charge is -2.34. The molecule has 1 fully saturated rings. The number of aliphatic hydroxyl groups is 1. The molecule has 1 saturated heterocycles. The van der Waals surface area contributed by atoms with Gasteiger partial charge in [-0.1, -0.05) is 65.4 Å². The van der Waals surface area contributed by atoms with E-state index >= 15 is 0 Å². The van der Waals surface area contributed by atoms with Gasteiger partial charge in [-0.2, -0.15) is 5.10 Å². The van der Waals surface area contributed by atoms with E-state index in [1.54, 1.807) is 6.07 Å². The number of morpholine rings is 1. The first-order valence-corrected chi connectivity index (χ1v) is 17.4. The van der Waals surface area contributed by atoms with Gasteiger partial charge < -0.3 is 25.8 Å². The normalized spacial score (nSPS) is 16.7. The standard InChI is InChI=1S/C38H40Cl2N6O4/c1-25-24-50-17-16-44(25)21-32(47)22-46-35-14-15-45(38(49)37(41)48)23-33(35)36(43-46)30-10-13-34(40)29(18-30)9-6-26-2-4-27(5-3-26)19-42-20-28-7-11-31(39)12-8-28/h2-5,7-8,10-13,18,25,32,42,47H,14-17,19-24H2,1H3,(H2,41,48)/t25-,32+/m0/s1. The number of fused-ring (bicyclic) bond motifs is 1. The second-order valence-electron chi connectivity index (χ2n) is 12.7. The van der Waals surface area contributed by atoms with Crippen molar-refractivity contribution in [1.29, 1.82) is 0 Å². The van der Waals surface area contributed by atoms with Gasteiger partial charge in [0.1, 0.15) is 0 Å². The fraction of sp³-hybridized carbons (Fsp3) is 0.342. The Labute approximate surface area is 302 Å². The van der Waals surface area contributed by atoms with Crippen molar-refractivity contribution in [2.24, 2.45) is 5.73 Å². The minimum atomic E-state index is -0.997. The molecule has 0 saturated carbocycles. The first-order chi connectivity index (χ1) is 24.1. The predicted octanol–water partition coefficient (Wildman–Crippen LogP) is 4.00. The van der Waals surface area contributed by atoms with Crippen LogP contribution in [0.1, 0.15) is 40.4 Å². The van der Waals surface area contributed by atoms with Crippen molar-refractivity contribution in [2.75, 3.05) is 32.8 Å². The van der Waals surface area contributed by atoms with Crippen LogP contribution in [-0.2, 0) is 46.9 Å². The molecule has 2 aliphatic rings. The fourth-order valence-electron chi connectivity index (χ4n) is 6.33. The van der Waals surface area contributed by atoms with Crippen molar-refractivity contribution in [3.05, 3.63) is 110 Å². The highest BCUT2D eigenvalue weighted by molar-refractivity contribution is 6.34. The Balaban J connectivity index is 1.20. The maximum absolute atomic E-state index is 12.6. The van der Waals surface area contributed by atoms with E-state index in [1.807, 2.05) is 65.3 Å². The summed E-state index contributed by atoms with van der Waals surface area (Å²) in [6.07, 6.45) is -0.204. The van der Waals surface area contributed by atoms with Crippen molar-refractivity contribution in [3.8, 4) is 23.1 Å². The van der Waals surface area contributed by atoms with E-state index in [0.29, 0.717) is 55.5 Å². The molecule has 260 valence electrons. The van der Waals surface area contributed by atoms with Crippen molar-refractivity contribution < 1.29 is 19.4 Å². The minimum Gasteiger partial charge on any atom is -0.390 e. The van der Waals surface area contributed by atoms with Crippen LogP contribution in [0.3, 0.4) is 0 Å². The number of nitrogens with zero attached hydrogens (tertiary/aromatic N) is 4. The van der Waals surface area contributed by atoms with E-state index in [9.17, 15) is 14.7 Å². The van der Waals surface area contributed by atoms with Crippen molar-refractivity contribution >= 4 is 35.0 Å². The number of aliphatic hydroxyl groups excluding tert-OH is 1. The van der Waals surface area contributed by atoms with E-state index in [0.717, 1.165) is 51.6 Å². The zero-order chi connectivity index (χ0) is 35.2. The third kappa shape index (κ3) is 8.74. The zero-order valence-electron chi connectivity index (χ0n) is 27.9. The predicted molar refractivity (Wildman–Crippen MR) is 193 cm³/mol. The molecule has 3 aromatic carbocycles. The first kappa shape index (κ1) is 35.6. The molecule has 0 bridgehead atoms. The molecule has 6 rings (SSSR count). The number of carbonyl (C=O) groups is 2. The summed E-state index contributed by atoms with van der Waals surface area (Å²) in [7, 11) is 0. The summed E-state index contributed by atoms with van der Waals surface area (Å²) < 4.78 is 7.38. The van der Waals surface area contributed by atoms with Gasteiger partial charge in [0, 0.05) is 78.2 Å². The molecule has 2 amide bonds. The van der Waals surface area contributed by atoms with Crippen LogP contribution in [0.2, 0.25) is 10.0 Å². The number of ether oxygens (including phenoxy) is 1. The molecule has 12 heteroatoms. The Bertz CT molecular complexity index is 1900. The van der Waals surface area contributed by atoms with Crippen LogP contribution in [-0.4, -0.2) is 81.5 Å². The number of nitrogens with two attached hydrogens (primary N) is 1. The van der Waals surface area contributed by atoms with E-state index in [2.05, 4.69) is 29.0 Å². The molecule has 4 N–H and O–H groups in total. The molecular weight excluding hydrogens is 675 g/mol. The second-order valence-corrected chi connectivity index (χ2v) is 13.6. The molecule has 4 aromatic rings. The van der Waals surface area contributed by atoms with Gasteiger partial charge in [-0.15, -0.1) is 0 Å². The monoisotopic (exact) mass is 714 g/mol. The van der Waals surface area contributed by atoms with Crippen molar-refractivity contribution in [2.45, 2.75) is 51.7 Å².